The molecule has 1 fully saturated rings. The maximum atomic E-state index is 6.75. The molecule has 0 aliphatic carbocycles. The molecule has 0 aromatic heterocycles. The summed E-state index contributed by atoms with van der Waals surface area (Å²) in [5.41, 5.74) is 14.7. The van der Waals surface area contributed by atoms with Gasteiger partial charge in [-0.05, 0) is 12.1 Å². The second kappa shape index (κ2) is 6.62. The van der Waals surface area contributed by atoms with Crippen LogP contribution in [0.25, 0.3) is 16.0 Å². The molecule has 1 aromatic rings. The van der Waals surface area contributed by atoms with E-state index >= 15 is 0 Å². The summed E-state index contributed by atoms with van der Waals surface area (Å²) < 4.78 is 10.6. The van der Waals surface area contributed by atoms with Crippen molar-refractivity contribution in [2.45, 2.75) is 6.10 Å². The summed E-state index contributed by atoms with van der Waals surface area (Å²) in [6, 6.07) is 8.05. The SMILES string of the molecule is CN(C)c1cccc(OCC2CO2)c1.[N-]=[N+]=[N-]. The van der Waals surface area contributed by atoms with Crippen LogP contribution in [0.1, 0.15) is 0 Å². The Hall–Kier alpha value is -1.91. The third-order valence-electron chi connectivity index (χ3n) is 2.17. The molecule has 17 heavy (non-hydrogen) atoms. The molecule has 92 valence electrons. The minimum Gasteiger partial charge on any atom is -0.491 e. The molecule has 2 rings (SSSR count). The van der Waals surface area contributed by atoms with Crippen LogP contribution in [0.4, 0.5) is 5.69 Å². The van der Waals surface area contributed by atoms with Gasteiger partial charge in [0.05, 0.1) is 6.61 Å². The zero-order valence-corrected chi connectivity index (χ0v) is 9.91. The molecule has 0 amide bonds. The number of rotatable bonds is 4. The summed E-state index contributed by atoms with van der Waals surface area (Å²) in [5, 5.41) is 0. The molecule has 6 nitrogen and oxygen atoms in total. The average molecular weight is 235 g/mol. The first-order chi connectivity index (χ1) is 8.17. The molecule has 0 spiro atoms. The van der Waals surface area contributed by atoms with Gasteiger partial charge in [0, 0.05) is 25.8 Å². The molecule has 1 heterocycles. The number of anilines is 1. The molecule has 1 saturated heterocycles. The fraction of sp³-hybridized carbons (Fsp3) is 0.455. The van der Waals surface area contributed by atoms with E-state index in [0.717, 1.165) is 18.0 Å². The third kappa shape index (κ3) is 5.10. The number of hydrogen-bond donors (Lipinski definition) is 0. The Morgan fingerprint density at radius 3 is 2.65 bits per heavy atom. The number of epoxide rings is 1. The number of hydrogen-bond acceptors (Lipinski definition) is 3. The highest BCUT2D eigenvalue weighted by molar-refractivity contribution is 5.49. The highest BCUT2D eigenvalue weighted by Gasteiger charge is 2.22. The fourth-order valence-electron chi connectivity index (χ4n) is 1.20. The van der Waals surface area contributed by atoms with Crippen molar-refractivity contribution in [2.75, 3.05) is 32.2 Å². The van der Waals surface area contributed by atoms with Crippen LogP contribution in [0.2, 0.25) is 0 Å². The van der Waals surface area contributed by atoms with Gasteiger partial charge in [-0.1, -0.05) is 6.07 Å². The first kappa shape index (κ1) is 13.2. The van der Waals surface area contributed by atoms with Gasteiger partial charge in [0.25, 0.3) is 0 Å². The van der Waals surface area contributed by atoms with Gasteiger partial charge in [-0.3, -0.25) is 4.91 Å². The van der Waals surface area contributed by atoms with Crippen molar-refractivity contribution in [3.05, 3.63) is 40.2 Å². The van der Waals surface area contributed by atoms with E-state index in [2.05, 4.69) is 11.0 Å². The Balaban J connectivity index is 0.000000437. The van der Waals surface area contributed by atoms with Crippen LogP contribution in [0.15, 0.2) is 24.3 Å². The zero-order chi connectivity index (χ0) is 12.7. The van der Waals surface area contributed by atoms with Crippen molar-refractivity contribution in [1.82, 2.24) is 0 Å². The molecular weight excluding hydrogens is 220 g/mol. The van der Waals surface area contributed by atoms with E-state index in [9.17, 15) is 0 Å². The lowest BCUT2D eigenvalue weighted by molar-refractivity contribution is 0.263. The fourth-order valence-corrected chi connectivity index (χ4v) is 1.20. The van der Waals surface area contributed by atoms with Gasteiger partial charge >= 0.3 is 0 Å². The van der Waals surface area contributed by atoms with Gasteiger partial charge in [0.1, 0.15) is 18.5 Å². The molecule has 0 radical (unpaired) electrons. The smallest absolute Gasteiger partial charge is 0.121 e. The Bertz CT molecular complexity index is 385. The second-order valence-corrected chi connectivity index (χ2v) is 3.75. The van der Waals surface area contributed by atoms with E-state index in [1.54, 1.807) is 0 Å². The first-order valence-electron chi connectivity index (χ1n) is 5.17. The first-order valence-corrected chi connectivity index (χ1v) is 5.17. The molecular formula is C11H15N4O2-. The van der Waals surface area contributed by atoms with Crippen LogP contribution in [0.5, 0.6) is 5.75 Å². The van der Waals surface area contributed by atoms with Crippen LogP contribution in [-0.4, -0.2) is 33.4 Å². The average Bonchev–Trinajstić information content (AvgIpc) is 3.12. The largest absolute Gasteiger partial charge is 0.491 e. The lowest BCUT2D eigenvalue weighted by atomic mass is 10.3. The molecule has 1 aliphatic rings. The molecule has 1 aliphatic heterocycles. The van der Waals surface area contributed by atoms with Gasteiger partial charge in [-0.15, -0.1) is 0 Å². The maximum Gasteiger partial charge on any atom is 0.121 e. The minimum absolute atomic E-state index is 0.318. The van der Waals surface area contributed by atoms with Crippen molar-refractivity contribution in [3.8, 4) is 5.75 Å². The zero-order valence-electron chi connectivity index (χ0n) is 9.91. The second-order valence-electron chi connectivity index (χ2n) is 3.75. The summed E-state index contributed by atoms with van der Waals surface area (Å²) in [6.07, 6.45) is 0.318. The molecule has 6 heteroatoms. The van der Waals surface area contributed by atoms with Gasteiger partial charge < -0.3 is 25.4 Å². The summed E-state index contributed by atoms with van der Waals surface area (Å²) in [4.78, 5) is 3.56. The van der Waals surface area contributed by atoms with Gasteiger partial charge in [-0.25, -0.2) is 0 Å². The van der Waals surface area contributed by atoms with Crippen molar-refractivity contribution in [2.24, 2.45) is 0 Å². The minimum atomic E-state index is 0.318. The molecule has 0 saturated carbocycles. The van der Waals surface area contributed by atoms with E-state index in [0.29, 0.717) is 12.7 Å². The standard InChI is InChI=1S/C11H15NO2.N3/c1-12(2)9-4-3-5-10(6-9)13-7-11-8-14-11;1-3-2/h3-6,11H,7-8H2,1-2H3;/q;-1. The predicted octanol–water partition coefficient (Wildman–Crippen LogP) is 2.40. The summed E-state index contributed by atoms with van der Waals surface area (Å²) in [7, 11) is 4.03. The highest BCUT2D eigenvalue weighted by atomic mass is 16.6. The van der Waals surface area contributed by atoms with Crippen molar-refractivity contribution in [1.29, 1.82) is 0 Å². The number of nitrogens with zero attached hydrogens (tertiary/aromatic N) is 4. The van der Waals surface area contributed by atoms with Crippen LogP contribution < -0.4 is 9.64 Å². The molecule has 0 bridgehead atoms. The number of ether oxygens (including phenoxy) is 2. The molecule has 1 aromatic carbocycles. The molecule has 1 atom stereocenters. The normalized spacial score (nSPS) is 16.2. The van der Waals surface area contributed by atoms with Crippen LogP contribution in [0, 0.1) is 0 Å². The summed E-state index contributed by atoms with van der Waals surface area (Å²) >= 11 is 0. The Kier molecular flexibility index (Phi) is 5.13. The topological polar surface area (TPSA) is 83.7 Å². The van der Waals surface area contributed by atoms with E-state index < -0.39 is 0 Å². The van der Waals surface area contributed by atoms with Crippen molar-refractivity contribution >= 4 is 5.69 Å². The highest BCUT2D eigenvalue weighted by Crippen LogP contribution is 2.20. The van der Waals surface area contributed by atoms with Gasteiger partial charge in [-0.2, -0.15) is 0 Å². The molecule has 1 unspecified atom stereocenters. The van der Waals surface area contributed by atoms with Gasteiger partial charge in [0.15, 0.2) is 0 Å². The Morgan fingerprint density at radius 1 is 1.47 bits per heavy atom. The van der Waals surface area contributed by atoms with E-state index in [-0.39, 0.29) is 0 Å². The van der Waals surface area contributed by atoms with Gasteiger partial charge in [0.2, 0.25) is 0 Å². The summed E-state index contributed by atoms with van der Waals surface area (Å²) in [5.74, 6) is 0.909. The molecule has 0 N–H and O–H groups in total. The lowest BCUT2D eigenvalue weighted by Gasteiger charge is -2.13. The lowest BCUT2D eigenvalue weighted by Crippen LogP contribution is -2.09. The predicted molar refractivity (Wildman–Crippen MR) is 66.1 cm³/mol. The van der Waals surface area contributed by atoms with E-state index in [1.165, 1.54) is 4.91 Å². The number of benzene rings is 1. The van der Waals surface area contributed by atoms with Crippen molar-refractivity contribution in [3.63, 3.8) is 0 Å². The van der Waals surface area contributed by atoms with Crippen LogP contribution in [0.3, 0.4) is 0 Å². The third-order valence-corrected chi connectivity index (χ3v) is 2.17. The van der Waals surface area contributed by atoms with Crippen LogP contribution in [-0.2, 0) is 4.74 Å². The summed E-state index contributed by atoms with van der Waals surface area (Å²) in [6.45, 7) is 1.50. The Morgan fingerprint density at radius 2 is 2.12 bits per heavy atom. The van der Waals surface area contributed by atoms with E-state index in [1.807, 2.05) is 32.3 Å². The Labute approximate surface area is 100 Å². The quantitative estimate of drug-likeness (QED) is 0.347. The van der Waals surface area contributed by atoms with Crippen molar-refractivity contribution < 1.29 is 9.47 Å². The maximum absolute atomic E-state index is 6.75. The monoisotopic (exact) mass is 235 g/mol. The van der Waals surface area contributed by atoms with Crippen LogP contribution >= 0.6 is 0 Å². The van der Waals surface area contributed by atoms with E-state index in [4.69, 9.17) is 20.5 Å².